The predicted molar refractivity (Wildman–Crippen MR) is 89.5 cm³/mol. The molecule has 1 aliphatic heterocycles. The minimum absolute atomic E-state index is 0.156. The second kappa shape index (κ2) is 6.06. The minimum Gasteiger partial charge on any atom is -0.383 e. The number of rotatable bonds is 3. The van der Waals surface area contributed by atoms with Gasteiger partial charge in [-0.15, -0.1) is 0 Å². The largest absolute Gasteiger partial charge is 0.383 e. The van der Waals surface area contributed by atoms with Crippen LogP contribution in [0, 0.1) is 0 Å². The lowest BCUT2D eigenvalue weighted by Crippen LogP contribution is -2.32. The van der Waals surface area contributed by atoms with Crippen LogP contribution in [0.5, 0.6) is 0 Å². The molecular weight excluding hydrogens is 384 g/mol. The molecule has 0 aliphatic carbocycles. The van der Waals surface area contributed by atoms with Gasteiger partial charge in [-0.1, -0.05) is 15.9 Å². The molecular formula is C14H15BrN4O3S. The molecule has 2 heterocycles. The number of halogens is 1. The van der Waals surface area contributed by atoms with Gasteiger partial charge in [0, 0.05) is 23.8 Å². The van der Waals surface area contributed by atoms with Crippen LogP contribution in [0.15, 0.2) is 50.7 Å². The molecule has 0 spiro atoms. The maximum absolute atomic E-state index is 12.6. The number of hydrogen-bond acceptors (Lipinski definition) is 5. The summed E-state index contributed by atoms with van der Waals surface area (Å²) >= 11 is 3.29. The van der Waals surface area contributed by atoms with Crippen molar-refractivity contribution >= 4 is 31.8 Å². The predicted octanol–water partition coefficient (Wildman–Crippen LogP) is 1.22. The average molecular weight is 399 g/mol. The fraction of sp³-hybridized carbons (Fsp3) is 0.286. The van der Waals surface area contributed by atoms with Gasteiger partial charge in [-0.2, -0.15) is 9.29 Å². The van der Waals surface area contributed by atoms with Gasteiger partial charge < -0.3 is 5.73 Å². The lowest BCUT2D eigenvalue weighted by molar-refractivity contribution is 0.445. The standard InChI is InChI=1S/C14H15BrN4O3S/c15-10-1-3-12(4-2-10)23(21,22)18-7-5-11(9-18)19-8-6-13(16)17-14(19)20/h1-4,6,8,11H,5,7,9H2,(H2,16,17,20)/t11-/m1/s1. The Kier molecular flexibility index (Phi) is 4.26. The van der Waals surface area contributed by atoms with Gasteiger partial charge in [-0.05, 0) is 36.8 Å². The number of nitrogen functional groups attached to an aromatic ring is 1. The SMILES string of the molecule is Nc1ccn([C@@H]2CCN(S(=O)(=O)c3ccc(Br)cc3)C2)c(=O)n1. The molecule has 2 aromatic rings. The third kappa shape index (κ3) is 3.17. The summed E-state index contributed by atoms with van der Waals surface area (Å²) in [6, 6.07) is 7.80. The van der Waals surface area contributed by atoms with Gasteiger partial charge in [0.05, 0.1) is 10.9 Å². The summed E-state index contributed by atoms with van der Waals surface area (Å²) in [5.41, 5.74) is 5.02. The fourth-order valence-corrected chi connectivity index (χ4v) is 4.37. The minimum atomic E-state index is -3.57. The number of sulfonamides is 1. The number of aromatic nitrogens is 2. The molecule has 122 valence electrons. The zero-order chi connectivity index (χ0) is 16.6. The van der Waals surface area contributed by atoms with Crippen LogP contribution in [0.4, 0.5) is 5.82 Å². The zero-order valence-corrected chi connectivity index (χ0v) is 14.5. The van der Waals surface area contributed by atoms with E-state index in [0.717, 1.165) is 4.47 Å². The summed E-state index contributed by atoms with van der Waals surface area (Å²) in [5.74, 6) is 0.156. The first-order valence-electron chi connectivity index (χ1n) is 6.98. The van der Waals surface area contributed by atoms with E-state index in [-0.39, 0.29) is 23.3 Å². The summed E-state index contributed by atoms with van der Waals surface area (Å²) in [4.78, 5) is 15.8. The molecule has 1 atom stereocenters. The van der Waals surface area contributed by atoms with Crippen LogP contribution in [0.2, 0.25) is 0 Å². The molecule has 0 bridgehead atoms. The summed E-state index contributed by atoms with van der Waals surface area (Å²) in [6.07, 6.45) is 2.12. The topological polar surface area (TPSA) is 98.3 Å². The van der Waals surface area contributed by atoms with Crippen LogP contribution in [0.3, 0.4) is 0 Å². The van der Waals surface area contributed by atoms with Gasteiger partial charge in [-0.3, -0.25) is 4.57 Å². The molecule has 1 aromatic carbocycles. The van der Waals surface area contributed by atoms with Crippen molar-refractivity contribution in [3.63, 3.8) is 0 Å². The highest BCUT2D eigenvalue weighted by Crippen LogP contribution is 2.27. The van der Waals surface area contributed by atoms with Crippen molar-refractivity contribution in [2.75, 3.05) is 18.8 Å². The molecule has 1 saturated heterocycles. The Bertz CT molecular complexity index is 880. The Morgan fingerprint density at radius 1 is 1.22 bits per heavy atom. The van der Waals surface area contributed by atoms with Gasteiger partial charge in [0.2, 0.25) is 10.0 Å². The Balaban J connectivity index is 1.84. The van der Waals surface area contributed by atoms with Gasteiger partial charge in [0.25, 0.3) is 0 Å². The van der Waals surface area contributed by atoms with E-state index in [2.05, 4.69) is 20.9 Å². The lowest BCUT2D eigenvalue weighted by atomic mass is 10.2. The smallest absolute Gasteiger partial charge is 0.349 e. The van der Waals surface area contributed by atoms with Crippen LogP contribution in [-0.4, -0.2) is 35.4 Å². The van der Waals surface area contributed by atoms with Crippen LogP contribution in [0.1, 0.15) is 12.5 Å². The fourth-order valence-electron chi connectivity index (χ4n) is 2.62. The number of nitrogens with zero attached hydrogens (tertiary/aromatic N) is 3. The normalized spacial score (nSPS) is 19.1. The molecule has 0 amide bonds. The second-order valence-corrected chi connectivity index (χ2v) is 8.16. The van der Waals surface area contributed by atoms with E-state index in [9.17, 15) is 13.2 Å². The highest BCUT2D eigenvalue weighted by atomic mass is 79.9. The van der Waals surface area contributed by atoms with E-state index in [1.807, 2.05) is 0 Å². The Hall–Kier alpha value is -1.71. The monoisotopic (exact) mass is 398 g/mol. The van der Waals surface area contributed by atoms with Crippen molar-refractivity contribution in [3.05, 3.63) is 51.5 Å². The Labute approximate surface area is 141 Å². The quantitative estimate of drug-likeness (QED) is 0.837. The maximum Gasteiger partial charge on any atom is 0.349 e. The van der Waals surface area contributed by atoms with Crippen LogP contribution in [-0.2, 0) is 10.0 Å². The van der Waals surface area contributed by atoms with Crippen molar-refractivity contribution in [1.82, 2.24) is 13.9 Å². The second-order valence-electron chi connectivity index (χ2n) is 5.30. The average Bonchev–Trinajstić information content (AvgIpc) is 2.98. The van der Waals surface area contributed by atoms with Crippen molar-refractivity contribution in [3.8, 4) is 0 Å². The third-order valence-electron chi connectivity index (χ3n) is 3.82. The summed E-state index contributed by atoms with van der Waals surface area (Å²) < 4.78 is 28.9. The summed E-state index contributed by atoms with van der Waals surface area (Å²) in [5, 5.41) is 0. The first-order chi connectivity index (χ1) is 10.9. The zero-order valence-electron chi connectivity index (χ0n) is 12.1. The van der Waals surface area contributed by atoms with E-state index < -0.39 is 15.7 Å². The van der Waals surface area contributed by atoms with Crippen LogP contribution >= 0.6 is 15.9 Å². The molecule has 7 nitrogen and oxygen atoms in total. The van der Waals surface area contributed by atoms with E-state index in [4.69, 9.17) is 5.73 Å². The third-order valence-corrected chi connectivity index (χ3v) is 6.23. The number of hydrogen-bond donors (Lipinski definition) is 1. The van der Waals surface area contributed by atoms with Gasteiger partial charge in [-0.25, -0.2) is 13.2 Å². The number of anilines is 1. The van der Waals surface area contributed by atoms with Gasteiger partial charge in [0.1, 0.15) is 5.82 Å². The highest BCUT2D eigenvalue weighted by Gasteiger charge is 2.33. The maximum atomic E-state index is 12.6. The van der Waals surface area contributed by atoms with Crippen LogP contribution < -0.4 is 11.4 Å². The molecule has 1 aliphatic rings. The van der Waals surface area contributed by atoms with Crippen molar-refractivity contribution in [2.24, 2.45) is 0 Å². The van der Waals surface area contributed by atoms with Crippen molar-refractivity contribution in [1.29, 1.82) is 0 Å². The van der Waals surface area contributed by atoms with Crippen molar-refractivity contribution in [2.45, 2.75) is 17.4 Å². The summed E-state index contributed by atoms with van der Waals surface area (Å²) in [6.45, 7) is 0.601. The molecule has 3 rings (SSSR count). The molecule has 9 heteroatoms. The first-order valence-corrected chi connectivity index (χ1v) is 9.21. The Morgan fingerprint density at radius 3 is 2.57 bits per heavy atom. The molecule has 0 unspecified atom stereocenters. The lowest BCUT2D eigenvalue weighted by Gasteiger charge is -2.17. The Morgan fingerprint density at radius 2 is 1.91 bits per heavy atom. The molecule has 1 aromatic heterocycles. The number of nitrogens with two attached hydrogens (primary N) is 1. The van der Waals surface area contributed by atoms with E-state index in [1.54, 1.807) is 30.5 Å². The number of benzene rings is 1. The van der Waals surface area contributed by atoms with Gasteiger partial charge >= 0.3 is 5.69 Å². The molecule has 1 fully saturated rings. The van der Waals surface area contributed by atoms with E-state index in [1.165, 1.54) is 14.9 Å². The van der Waals surface area contributed by atoms with E-state index in [0.29, 0.717) is 13.0 Å². The molecule has 0 radical (unpaired) electrons. The van der Waals surface area contributed by atoms with Crippen LogP contribution in [0.25, 0.3) is 0 Å². The van der Waals surface area contributed by atoms with Gasteiger partial charge in [0.15, 0.2) is 0 Å². The van der Waals surface area contributed by atoms with Crippen molar-refractivity contribution < 1.29 is 8.42 Å². The summed E-state index contributed by atoms with van der Waals surface area (Å²) in [7, 11) is -3.57. The molecule has 0 saturated carbocycles. The van der Waals surface area contributed by atoms with E-state index >= 15 is 0 Å². The highest BCUT2D eigenvalue weighted by molar-refractivity contribution is 9.10. The molecule has 23 heavy (non-hydrogen) atoms. The first kappa shape index (κ1) is 16.2. The molecule has 2 N–H and O–H groups in total.